The van der Waals surface area contributed by atoms with E-state index in [4.69, 9.17) is 9.97 Å². The standard InChI is InChI=1S/C30H27N9O/c40-26(13-19-7-3-1-4-8-19)33-21-14-20(15-31-16-21)22-9-10-23-28(34-22)29(38-37-23)30-35-24-17-32-18-25(27(24)36-30)39-11-5-2-6-12-39/h1,3-4,7-10,14-18H,2,5-6,11-13H2,(H,33,40)(H,35,36)(H,37,38). The molecule has 1 aliphatic rings. The number of H-pyrrole nitrogens is 2. The fourth-order valence-corrected chi connectivity index (χ4v) is 5.26. The Balaban J connectivity index is 1.19. The summed E-state index contributed by atoms with van der Waals surface area (Å²) in [7, 11) is 0. The Morgan fingerprint density at radius 2 is 1.73 bits per heavy atom. The van der Waals surface area contributed by atoms with Crippen LogP contribution in [0.4, 0.5) is 11.4 Å². The monoisotopic (exact) mass is 529 g/mol. The molecule has 5 aromatic heterocycles. The molecule has 1 aromatic carbocycles. The van der Waals surface area contributed by atoms with Crippen molar-refractivity contribution in [1.29, 1.82) is 0 Å². The normalized spacial score (nSPS) is 13.7. The van der Waals surface area contributed by atoms with Gasteiger partial charge in [0.2, 0.25) is 5.91 Å². The number of fused-ring (bicyclic) bond motifs is 2. The second-order valence-electron chi connectivity index (χ2n) is 10.0. The van der Waals surface area contributed by atoms with Crippen molar-refractivity contribution in [2.75, 3.05) is 23.3 Å². The number of rotatable bonds is 6. The van der Waals surface area contributed by atoms with Gasteiger partial charge in [0.15, 0.2) is 11.5 Å². The smallest absolute Gasteiger partial charge is 0.228 e. The molecule has 1 fully saturated rings. The predicted molar refractivity (Wildman–Crippen MR) is 155 cm³/mol. The molecular weight excluding hydrogens is 502 g/mol. The van der Waals surface area contributed by atoms with Gasteiger partial charge in [-0.2, -0.15) is 5.10 Å². The molecular formula is C30H27N9O. The van der Waals surface area contributed by atoms with E-state index in [9.17, 15) is 4.79 Å². The number of aromatic nitrogens is 7. The number of hydrogen-bond acceptors (Lipinski definition) is 7. The minimum Gasteiger partial charge on any atom is -0.368 e. The number of hydrogen-bond donors (Lipinski definition) is 3. The van der Waals surface area contributed by atoms with E-state index in [1.165, 1.54) is 19.3 Å². The Morgan fingerprint density at radius 3 is 2.60 bits per heavy atom. The van der Waals surface area contributed by atoms with E-state index in [1.54, 1.807) is 18.6 Å². The Labute approximate surface area is 229 Å². The average Bonchev–Trinajstić information content (AvgIpc) is 3.62. The maximum absolute atomic E-state index is 12.6. The summed E-state index contributed by atoms with van der Waals surface area (Å²) in [5, 5.41) is 10.6. The van der Waals surface area contributed by atoms with Crippen LogP contribution in [0.25, 0.3) is 44.8 Å². The molecule has 0 aliphatic carbocycles. The third kappa shape index (κ3) is 4.64. The molecule has 0 bridgehead atoms. The summed E-state index contributed by atoms with van der Waals surface area (Å²) in [6.07, 6.45) is 11.0. The van der Waals surface area contributed by atoms with Crippen LogP contribution in [0.2, 0.25) is 0 Å². The number of anilines is 2. The molecule has 0 radical (unpaired) electrons. The highest BCUT2D eigenvalue weighted by Gasteiger charge is 2.20. The van der Waals surface area contributed by atoms with Crippen LogP contribution in [0.15, 0.2) is 73.3 Å². The van der Waals surface area contributed by atoms with Gasteiger partial charge in [0.1, 0.15) is 11.0 Å². The first kappa shape index (κ1) is 24.0. The van der Waals surface area contributed by atoms with E-state index in [2.05, 4.69) is 35.4 Å². The zero-order chi connectivity index (χ0) is 26.9. The number of nitrogens with zero attached hydrogens (tertiary/aromatic N) is 6. The molecule has 7 rings (SSSR count). The Bertz CT molecular complexity index is 1820. The lowest BCUT2D eigenvalue weighted by Crippen LogP contribution is -2.29. The van der Waals surface area contributed by atoms with Crippen LogP contribution in [0.3, 0.4) is 0 Å². The van der Waals surface area contributed by atoms with Crippen molar-refractivity contribution < 1.29 is 4.79 Å². The van der Waals surface area contributed by atoms with Gasteiger partial charge < -0.3 is 15.2 Å². The van der Waals surface area contributed by atoms with Gasteiger partial charge >= 0.3 is 0 Å². The second-order valence-corrected chi connectivity index (χ2v) is 10.0. The quantitative estimate of drug-likeness (QED) is 0.273. The van der Waals surface area contributed by atoms with Gasteiger partial charge in [-0.1, -0.05) is 30.3 Å². The topological polar surface area (TPSA) is 128 Å². The number of carbonyl (C=O) groups excluding carboxylic acids is 1. The predicted octanol–water partition coefficient (Wildman–Crippen LogP) is 5.13. The Morgan fingerprint density at radius 1 is 0.875 bits per heavy atom. The van der Waals surface area contributed by atoms with Crippen LogP contribution >= 0.6 is 0 Å². The van der Waals surface area contributed by atoms with Crippen molar-refractivity contribution in [3.8, 4) is 22.8 Å². The first-order chi connectivity index (χ1) is 19.7. The van der Waals surface area contributed by atoms with Gasteiger partial charge in [0.05, 0.1) is 53.1 Å². The number of nitrogens with one attached hydrogen (secondary N) is 3. The van der Waals surface area contributed by atoms with Gasteiger partial charge in [-0.3, -0.25) is 19.9 Å². The molecule has 40 heavy (non-hydrogen) atoms. The average molecular weight is 530 g/mol. The molecule has 0 spiro atoms. The van der Waals surface area contributed by atoms with E-state index in [0.29, 0.717) is 34.8 Å². The Kier molecular flexibility index (Phi) is 6.12. The summed E-state index contributed by atoms with van der Waals surface area (Å²) >= 11 is 0. The highest BCUT2D eigenvalue weighted by molar-refractivity contribution is 5.95. The Hall–Kier alpha value is -5.12. The molecule has 1 saturated heterocycles. The molecule has 6 aromatic rings. The zero-order valence-electron chi connectivity index (χ0n) is 21.8. The molecule has 10 nitrogen and oxygen atoms in total. The highest BCUT2D eigenvalue weighted by Crippen LogP contribution is 2.31. The molecule has 0 atom stereocenters. The number of pyridine rings is 3. The van der Waals surface area contributed by atoms with E-state index >= 15 is 0 Å². The number of imidazole rings is 1. The van der Waals surface area contributed by atoms with Crippen molar-refractivity contribution in [2.24, 2.45) is 0 Å². The first-order valence-corrected chi connectivity index (χ1v) is 13.4. The molecule has 0 unspecified atom stereocenters. The lowest BCUT2D eigenvalue weighted by Gasteiger charge is -2.28. The summed E-state index contributed by atoms with van der Waals surface area (Å²) < 4.78 is 0. The van der Waals surface area contributed by atoms with Crippen LogP contribution in [0, 0.1) is 0 Å². The van der Waals surface area contributed by atoms with Crippen molar-refractivity contribution in [3.05, 3.63) is 78.9 Å². The van der Waals surface area contributed by atoms with Gasteiger partial charge in [0, 0.05) is 24.8 Å². The van der Waals surface area contributed by atoms with Gasteiger partial charge in [-0.05, 0) is 43.0 Å². The van der Waals surface area contributed by atoms with E-state index in [-0.39, 0.29) is 5.91 Å². The van der Waals surface area contributed by atoms with Crippen molar-refractivity contribution in [1.82, 2.24) is 35.1 Å². The fourth-order valence-electron chi connectivity index (χ4n) is 5.26. The van der Waals surface area contributed by atoms with E-state index < -0.39 is 0 Å². The minimum atomic E-state index is -0.103. The zero-order valence-corrected chi connectivity index (χ0v) is 21.8. The van der Waals surface area contributed by atoms with Crippen molar-refractivity contribution in [2.45, 2.75) is 25.7 Å². The lowest BCUT2D eigenvalue weighted by atomic mass is 10.1. The van der Waals surface area contributed by atoms with E-state index in [1.807, 2.05) is 54.7 Å². The molecule has 0 saturated carbocycles. The largest absolute Gasteiger partial charge is 0.368 e. The van der Waals surface area contributed by atoms with Gasteiger partial charge in [0.25, 0.3) is 0 Å². The summed E-state index contributed by atoms with van der Waals surface area (Å²) in [5.74, 6) is 0.534. The van der Waals surface area contributed by atoms with Crippen LogP contribution in [0.5, 0.6) is 0 Å². The third-order valence-corrected chi connectivity index (χ3v) is 7.23. The number of benzene rings is 1. The maximum Gasteiger partial charge on any atom is 0.228 e. The van der Waals surface area contributed by atoms with Crippen LogP contribution in [-0.4, -0.2) is 54.1 Å². The summed E-state index contributed by atoms with van der Waals surface area (Å²) in [4.78, 5) is 37.0. The fraction of sp³-hybridized carbons (Fsp3) is 0.200. The number of piperidine rings is 1. The molecule has 198 valence electrons. The van der Waals surface area contributed by atoms with Crippen molar-refractivity contribution in [3.63, 3.8) is 0 Å². The second kappa shape index (κ2) is 10.2. The number of aromatic amines is 2. The first-order valence-electron chi connectivity index (χ1n) is 13.4. The molecule has 6 heterocycles. The van der Waals surface area contributed by atoms with Gasteiger partial charge in [-0.15, -0.1) is 0 Å². The molecule has 1 amide bonds. The van der Waals surface area contributed by atoms with Crippen LogP contribution in [-0.2, 0) is 11.2 Å². The van der Waals surface area contributed by atoms with Crippen LogP contribution < -0.4 is 10.2 Å². The van der Waals surface area contributed by atoms with E-state index in [0.717, 1.165) is 46.5 Å². The lowest BCUT2D eigenvalue weighted by molar-refractivity contribution is -0.115. The van der Waals surface area contributed by atoms with Crippen LogP contribution in [0.1, 0.15) is 24.8 Å². The van der Waals surface area contributed by atoms with Gasteiger partial charge in [-0.25, -0.2) is 9.97 Å². The van der Waals surface area contributed by atoms with Crippen molar-refractivity contribution >= 4 is 39.3 Å². The maximum atomic E-state index is 12.6. The molecule has 3 N–H and O–H groups in total. The number of amides is 1. The summed E-state index contributed by atoms with van der Waals surface area (Å²) in [5.41, 5.74) is 8.01. The molecule has 10 heteroatoms. The summed E-state index contributed by atoms with van der Waals surface area (Å²) in [6, 6.07) is 15.4. The highest BCUT2D eigenvalue weighted by atomic mass is 16.1. The minimum absolute atomic E-state index is 0.103. The summed E-state index contributed by atoms with van der Waals surface area (Å²) in [6.45, 7) is 2.03. The molecule has 1 aliphatic heterocycles. The number of carbonyl (C=O) groups is 1. The third-order valence-electron chi connectivity index (χ3n) is 7.23. The SMILES string of the molecule is O=C(Cc1ccccc1)Nc1cncc(-c2ccc3[nH]nc(-c4nc5c(N6CCCCC6)cncc5[nH]4)c3n2)c1.